The highest BCUT2D eigenvalue weighted by Gasteiger charge is 2.39. The van der Waals surface area contributed by atoms with Crippen molar-refractivity contribution in [3.63, 3.8) is 0 Å². The first-order valence-electron chi connectivity index (χ1n) is 17.8. The lowest BCUT2D eigenvalue weighted by Crippen LogP contribution is -2.21. The van der Waals surface area contributed by atoms with Gasteiger partial charge in [-0.3, -0.25) is 0 Å². The molecule has 0 fully saturated rings. The number of furan rings is 1. The van der Waals surface area contributed by atoms with Crippen molar-refractivity contribution in [1.29, 1.82) is 0 Å². The van der Waals surface area contributed by atoms with E-state index in [-0.39, 0.29) is 16.2 Å². The van der Waals surface area contributed by atoms with Gasteiger partial charge in [0, 0.05) is 36.5 Å². The number of hydrogen-bond acceptors (Lipinski definition) is 3. The van der Waals surface area contributed by atoms with Crippen molar-refractivity contribution < 1.29 is 4.42 Å². The Bertz CT molecular complexity index is 2650. The van der Waals surface area contributed by atoms with E-state index in [4.69, 9.17) is 4.42 Å². The number of nitrogens with zero attached hydrogens (tertiary/aromatic N) is 1. The molecule has 0 aliphatic heterocycles. The van der Waals surface area contributed by atoms with Gasteiger partial charge in [-0.15, -0.1) is 11.3 Å². The van der Waals surface area contributed by atoms with E-state index in [9.17, 15) is 0 Å². The molecule has 0 radical (unpaired) electrons. The van der Waals surface area contributed by atoms with Crippen molar-refractivity contribution in [2.45, 2.75) is 71.6 Å². The van der Waals surface area contributed by atoms with Gasteiger partial charge in [0.15, 0.2) is 0 Å². The van der Waals surface area contributed by atoms with Crippen molar-refractivity contribution in [3.05, 3.63) is 138 Å². The van der Waals surface area contributed by atoms with Gasteiger partial charge >= 0.3 is 0 Å². The first kappa shape index (κ1) is 31.1. The Balaban J connectivity index is 1.45. The number of fused-ring (bicyclic) bond motifs is 9. The topological polar surface area (TPSA) is 16.4 Å². The van der Waals surface area contributed by atoms with Crippen LogP contribution in [0.5, 0.6) is 0 Å². The molecule has 50 heavy (non-hydrogen) atoms. The molecule has 8 aromatic rings. The molecule has 3 heteroatoms. The van der Waals surface area contributed by atoms with Gasteiger partial charge in [-0.2, -0.15) is 0 Å². The van der Waals surface area contributed by atoms with Gasteiger partial charge in [-0.05, 0) is 81.1 Å². The lowest BCUT2D eigenvalue weighted by molar-refractivity contribution is 0.559. The van der Waals surface area contributed by atoms with E-state index >= 15 is 0 Å². The average Bonchev–Trinajstić information content (AvgIpc) is 3.73. The summed E-state index contributed by atoms with van der Waals surface area (Å²) < 4.78 is 9.54. The van der Waals surface area contributed by atoms with E-state index in [0.717, 1.165) is 22.2 Å². The number of thiophene rings is 1. The summed E-state index contributed by atoms with van der Waals surface area (Å²) in [4.78, 5) is 2.56. The summed E-state index contributed by atoms with van der Waals surface area (Å²) in [5.74, 6) is 0. The Hall–Kier alpha value is -4.86. The standard InChI is InChI=1S/C47H43NOS/c1-45(2,3)28-26-32-41-35(20-14-23-38(41)49-44(32)34(27-28)46(4,5)6)48(36-21-15-25-40-42(36)31-17-10-12-24-39(31)50-40)37-22-13-18-30-29-16-9-11-19-33(29)47(7,8)43(30)37/h9-27H,1-8H3. The second-order valence-corrected chi connectivity index (χ2v) is 17.7. The normalized spacial score (nSPS) is 14.2. The average molecular weight is 670 g/mol. The minimum absolute atomic E-state index is 0.0242. The second-order valence-electron chi connectivity index (χ2n) is 16.6. The monoisotopic (exact) mass is 669 g/mol. The number of rotatable bonds is 3. The molecule has 6 aromatic carbocycles. The van der Waals surface area contributed by atoms with E-state index in [1.165, 1.54) is 70.3 Å². The van der Waals surface area contributed by atoms with E-state index in [1.54, 1.807) is 0 Å². The molecule has 248 valence electrons. The van der Waals surface area contributed by atoms with Crippen LogP contribution in [0.2, 0.25) is 0 Å². The van der Waals surface area contributed by atoms with Gasteiger partial charge in [-0.25, -0.2) is 0 Å². The zero-order chi connectivity index (χ0) is 34.7. The Morgan fingerprint density at radius 2 is 1.22 bits per heavy atom. The molecule has 2 nitrogen and oxygen atoms in total. The number of anilines is 3. The zero-order valence-corrected chi connectivity index (χ0v) is 31.0. The van der Waals surface area contributed by atoms with Crippen LogP contribution in [0.3, 0.4) is 0 Å². The van der Waals surface area contributed by atoms with Crippen molar-refractivity contribution in [2.75, 3.05) is 4.90 Å². The minimum Gasteiger partial charge on any atom is -0.456 e. The number of hydrogen-bond donors (Lipinski definition) is 0. The van der Waals surface area contributed by atoms with Crippen LogP contribution < -0.4 is 4.90 Å². The molecule has 2 heterocycles. The summed E-state index contributed by atoms with van der Waals surface area (Å²) in [6.07, 6.45) is 0. The van der Waals surface area contributed by atoms with Crippen molar-refractivity contribution in [1.82, 2.24) is 0 Å². The first-order valence-corrected chi connectivity index (χ1v) is 18.6. The Labute approximate surface area is 299 Å². The third kappa shape index (κ3) is 4.45. The molecular formula is C47H43NOS. The molecule has 0 amide bonds. The maximum atomic E-state index is 6.94. The van der Waals surface area contributed by atoms with Crippen LogP contribution >= 0.6 is 11.3 Å². The van der Waals surface area contributed by atoms with Crippen LogP contribution in [0.15, 0.2) is 120 Å². The van der Waals surface area contributed by atoms with Gasteiger partial charge < -0.3 is 9.32 Å². The van der Waals surface area contributed by atoms with Crippen LogP contribution in [0.25, 0.3) is 53.2 Å². The minimum atomic E-state index is -0.198. The van der Waals surface area contributed by atoms with Crippen LogP contribution in [0, 0.1) is 0 Å². The fraction of sp³-hybridized carbons (Fsp3) is 0.234. The summed E-state index contributed by atoms with van der Waals surface area (Å²) in [6.45, 7) is 18.6. The van der Waals surface area contributed by atoms with Gasteiger partial charge in [0.2, 0.25) is 0 Å². The SMILES string of the molecule is CC(C)(C)c1cc(C(C)(C)C)c2oc3cccc(N(c4cccc5c4C(C)(C)c4ccccc4-5)c4cccc5sc6ccccc6c45)c3c2c1. The Kier molecular flexibility index (Phi) is 6.59. The summed E-state index contributed by atoms with van der Waals surface area (Å²) >= 11 is 1.87. The first-order chi connectivity index (χ1) is 23.8. The lowest BCUT2D eigenvalue weighted by atomic mass is 9.79. The molecule has 0 atom stereocenters. The molecule has 0 unspecified atom stereocenters. The maximum Gasteiger partial charge on any atom is 0.139 e. The smallest absolute Gasteiger partial charge is 0.139 e. The second kappa shape index (κ2) is 10.6. The van der Waals surface area contributed by atoms with E-state index in [0.29, 0.717) is 0 Å². The third-order valence-corrected chi connectivity index (χ3v) is 12.0. The molecule has 0 saturated carbocycles. The molecule has 2 aromatic heterocycles. The molecule has 1 aliphatic rings. The van der Waals surface area contributed by atoms with Crippen LogP contribution in [-0.4, -0.2) is 0 Å². The van der Waals surface area contributed by atoms with E-state index in [2.05, 4.69) is 176 Å². The van der Waals surface area contributed by atoms with Crippen LogP contribution in [0.1, 0.15) is 77.6 Å². The summed E-state index contributed by atoms with van der Waals surface area (Å²) in [5.41, 5.74) is 13.0. The third-order valence-electron chi connectivity index (χ3n) is 10.9. The van der Waals surface area contributed by atoms with Crippen molar-refractivity contribution in [3.8, 4) is 11.1 Å². The highest BCUT2D eigenvalue weighted by molar-refractivity contribution is 7.26. The summed E-state index contributed by atoms with van der Waals surface area (Å²) in [6, 6.07) is 42.9. The van der Waals surface area contributed by atoms with Crippen LogP contribution in [0.4, 0.5) is 17.1 Å². The van der Waals surface area contributed by atoms with Gasteiger partial charge in [0.25, 0.3) is 0 Å². The fourth-order valence-electron chi connectivity index (χ4n) is 8.42. The van der Waals surface area contributed by atoms with E-state index < -0.39 is 0 Å². The van der Waals surface area contributed by atoms with Crippen molar-refractivity contribution in [2.24, 2.45) is 0 Å². The highest BCUT2D eigenvalue weighted by Crippen LogP contribution is 2.56. The molecule has 0 N–H and O–H groups in total. The zero-order valence-electron chi connectivity index (χ0n) is 30.2. The lowest BCUT2D eigenvalue weighted by Gasteiger charge is -2.33. The van der Waals surface area contributed by atoms with Gasteiger partial charge in [0.1, 0.15) is 11.2 Å². The summed E-state index contributed by atoms with van der Waals surface area (Å²) in [7, 11) is 0. The van der Waals surface area contributed by atoms with Gasteiger partial charge in [0.05, 0.1) is 22.4 Å². The summed E-state index contributed by atoms with van der Waals surface area (Å²) in [5, 5.41) is 4.91. The van der Waals surface area contributed by atoms with E-state index in [1.807, 2.05) is 11.3 Å². The predicted octanol–water partition coefficient (Wildman–Crippen LogP) is 14.3. The Morgan fingerprint density at radius 3 is 2.00 bits per heavy atom. The molecule has 9 rings (SSSR count). The Morgan fingerprint density at radius 1 is 0.580 bits per heavy atom. The molecule has 1 aliphatic carbocycles. The fourth-order valence-corrected chi connectivity index (χ4v) is 9.55. The quantitative estimate of drug-likeness (QED) is 0.186. The molecule has 0 bridgehead atoms. The molecule has 0 saturated heterocycles. The highest BCUT2D eigenvalue weighted by atomic mass is 32.1. The molecular weight excluding hydrogens is 627 g/mol. The maximum absolute atomic E-state index is 6.94. The van der Waals surface area contributed by atoms with Gasteiger partial charge in [-0.1, -0.05) is 128 Å². The van der Waals surface area contributed by atoms with Crippen molar-refractivity contribution >= 4 is 70.5 Å². The largest absolute Gasteiger partial charge is 0.456 e. The predicted molar refractivity (Wildman–Crippen MR) is 216 cm³/mol. The number of benzene rings is 6. The molecule has 0 spiro atoms. The van der Waals surface area contributed by atoms with Crippen LogP contribution in [-0.2, 0) is 16.2 Å².